The molecule has 0 aliphatic heterocycles. The first-order valence-electron chi connectivity index (χ1n) is 4.75. The highest BCUT2D eigenvalue weighted by Gasteiger charge is 2.09. The SMILES string of the molecule is C=C(C)COc1ccc(Br)cc1[C@H](C)O. The van der Waals surface area contributed by atoms with Crippen molar-refractivity contribution in [1.82, 2.24) is 0 Å². The van der Waals surface area contributed by atoms with Crippen LogP contribution >= 0.6 is 15.9 Å². The van der Waals surface area contributed by atoms with Crippen LogP contribution in [-0.4, -0.2) is 11.7 Å². The van der Waals surface area contributed by atoms with Crippen LogP contribution in [0.2, 0.25) is 0 Å². The maximum Gasteiger partial charge on any atom is 0.125 e. The third kappa shape index (κ3) is 3.68. The Morgan fingerprint density at radius 3 is 2.80 bits per heavy atom. The van der Waals surface area contributed by atoms with E-state index in [2.05, 4.69) is 22.5 Å². The van der Waals surface area contributed by atoms with Gasteiger partial charge in [-0.2, -0.15) is 0 Å². The number of hydrogen-bond donors (Lipinski definition) is 1. The van der Waals surface area contributed by atoms with Crippen molar-refractivity contribution in [3.63, 3.8) is 0 Å². The Morgan fingerprint density at radius 2 is 2.27 bits per heavy atom. The lowest BCUT2D eigenvalue weighted by Gasteiger charge is -2.13. The molecule has 0 saturated carbocycles. The lowest BCUT2D eigenvalue weighted by Crippen LogP contribution is -2.02. The maximum absolute atomic E-state index is 9.57. The molecule has 0 heterocycles. The topological polar surface area (TPSA) is 29.5 Å². The number of aliphatic hydroxyl groups is 1. The smallest absolute Gasteiger partial charge is 0.125 e. The zero-order valence-electron chi connectivity index (χ0n) is 8.96. The maximum atomic E-state index is 9.57. The summed E-state index contributed by atoms with van der Waals surface area (Å²) in [6, 6.07) is 5.59. The minimum absolute atomic E-state index is 0.474. The molecule has 0 saturated heterocycles. The summed E-state index contributed by atoms with van der Waals surface area (Å²) in [6.07, 6.45) is -0.539. The van der Waals surface area contributed by atoms with Crippen molar-refractivity contribution in [2.75, 3.05) is 6.61 Å². The zero-order chi connectivity index (χ0) is 11.4. The summed E-state index contributed by atoms with van der Waals surface area (Å²) in [6.45, 7) is 7.86. The molecular weight excluding hydrogens is 256 g/mol. The third-order valence-electron chi connectivity index (χ3n) is 1.90. The van der Waals surface area contributed by atoms with Gasteiger partial charge in [0.05, 0.1) is 6.10 Å². The van der Waals surface area contributed by atoms with Gasteiger partial charge in [0.1, 0.15) is 12.4 Å². The van der Waals surface area contributed by atoms with Crippen molar-refractivity contribution in [2.24, 2.45) is 0 Å². The van der Waals surface area contributed by atoms with Gasteiger partial charge in [-0.1, -0.05) is 22.5 Å². The molecule has 0 bridgehead atoms. The van der Waals surface area contributed by atoms with E-state index in [1.807, 2.05) is 25.1 Å². The van der Waals surface area contributed by atoms with Crippen LogP contribution in [0.3, 0.4) is 0 Å². The average Bonchev–Trinajstić information content (AvgIpc) is 2.15. The van der Waals surface area contributed by atoms with Crippen LogP contribution in [0.25, 0.3) is 0 Å². The predicted molar refractivity (Wildman–Crippen MR) is 65.1 cm³/mol. The van der Waals surface area contributed by atoms with E-state index in [0.717, 1.165) is 15.6 Å². The number of aliphatic hydroxyl groups excluding tert-OH is 1. The summed E-state index contributed by atoms with van der Waals surface area (Å²) in [5.41, 5.74) is 1.74. The standard InChI is InChI=1S/C12H15BrO2/c1-8(2)7-15-12-5-4-10(13)6-11(12)9(3)14/h4-6,9,14H,1,7H2,2-3H3/t9-/m0/s1. The van der Waals surface area contributed by atoms with E-state index in [1.54, 1.807) is 6.92 Å². The van der Waals surface area contributed by atoms with Crippen molar-refractivity contribution in [3.8, 4) is 5.75 Å². The number of ether oxygens (including phenoxy) is 1. The summed E-state index contributed by atoms with van der Waals surface area (Å²) < 4.78 is 6.47. The van der Waals surface area contributed by atoms with Crippen molar-refractivity contribution >= 4 is 15.9 Å². The van der Waals surface area contributed by atoms with Gasteiger partial charge in [0.25, 0.3) is 0 Å². The number of benzene rings is 1. The summed E-state index contributed by atoms with van der Waals surface area (Å²) in [5.74, 6) is 0.705. The monoisotopic (exact) mass is 270 g/mol. The van der Waals surface area contributed by atoms with Crippen LogP contribution < -0.4 is 4.74 Å². The van der Waals surface area contributed by atoms with E-state index in [1.165, 1.54) is 0 Å². The molecule has 15 heavy (non-hydrogen) atoms. The molecule has 2 nitrogen and oxygen atoms in total. The largest absolute Gasteiger partial charge is 0.489 e. The van der Waals surface area contributed by atoms with Crippen LogP contribution in [0.4, 0.5) is 0 Å². The van der Waals surface area contributed by atoms with Gasteiger partial charge in [-0.25, -0.2) is 0 Å². The van der Waals surface area contributed by atoms with E-state index in [4.69, 9.17) is 4.74 Å². The summed E-state index contributed by atoms with van der Waals surface area (Å²) in [4.78, 5) is 0. The lowest BCUT2D eigenvalue weighted by atomic mass is 10.1. The Balaban J connectivity index is 2.90. The Hall–Kier alpha value is -0.800. The van der Waals surface area contributed by atoms with Gasteiger partial charge >= 0.3 is 0 Å². The molecule has 1 aromatic rings. The fourth-order valence-electron chi connectivity index (χ4n) is 1.18. The molecule has 1 N–H and O–H groups in total. The van der Waals surface area contributed by atoms with Gasteiger partial charge in [-0.15, -0.1) is 0 Å². The predicted octanol–water partition coefficient (Wildman–Crippen LogP) is 3.46. The lowest BCUT2D eigenvalue weighted by molar-refractivity contribution is 0.192. The van der Waals surface area contributed by atoms with Crippen molar-refractivity contribution in [3.05, 3.63) is 40.4 Å². The molecule has 0 unspecified atom stereocenters. The fourth-order valence-corrected chi connectivity index (χ4v) is 1.56. The van der Waals surface area contributed by atoms with Crippen LogP contribution in [0.5, 0.6) is 5.75 Å². The van der Waals surface area contributed by atoms with E-state index >= 15 is 0 Å². The highest BCUT2D eigenvalue weighted by Crippen LogP contribution is 2.28. The molecule has 1 aromatic carbocycles. The molecule has 0 radical (unpaired) electrons. The quantitative estimate of drug-likeness (QED) is 0.850. The van der Waals surface area contributed by atoms with Gasteiger partial charge in [-0.05, 0) is 37.6 Å². The Labute approximate surface area is 98.7 Å². The number of hydrogen-bond acceptors (Lipinski definition) is 2. The molecular formula is C12H15BrO2. The van der Waals surface area contributed by atoms with Gasteiger partial charge in [0, 0.05) is 10.0 Å². The Bertz CT molecular complexity index is 359. The van der Waals surface area contributed by atoms with Gasteiger partial charge in [0.15, 0.2) is 0 Å². The first-order valence-corrected chi connectivity index (χ1v) is 5.54. The van der Waals surface area contributed by atoms with Crippen molar-refractivity contribution in [1.29, 1.82) is 0 Å². The Morgan fingerprint density at radius 1 is 1.60 bits per heavy atom. The molecule has 0 fully saturated rings. The zero-order valence-corrected chi connectivity index (χ0v) is 10.5. The van der Waals surface area contributed by atoms with Crippen LogP contribution in [0, 0.1) is 0 Å². The number of rotatable bonds is 4. The van der Waals surface area contributed by atoms with E-state index < -0.39 is 6.10 Å². The van der Waals surface area contributed by atoms with Crippen LogP contribution in [0.15, 0.2) is 34.8 Å². The van der Waals surface area contributed by atoms with Gasteiger partial charge in [-0.3, -0.25) is 0 Å². The van der Waals surface area contributed by atoms with Crippen LogP contribution in [0.1, 0.15) is 25.5 Å². The van der Waals surface area contributed by atoms with Gasteiger partial charge in [0.2, 0.25) is 0 Å². The minimum atomic E-state index is -0.539. The molecule has 0 amide bonds. The molecule has 3 heteroatoms. The van der Waals surface area contributed by atoms with Crippen molar-refractivity contribution < 1.29 is 9.84 Å². The third-order valence-corrected chi connectivity index (χ3v) is 2.39. The molecule has 0 aromatic heterocycles. The van der Waals surface area contributed by atoms with E-state index in [0.29, 0.717) is 12.4 Å². The van der Waals surface area contributed by atoms with E-state index in [-0.39, 0.29) is 0 Å². The average molecular weight is 271 g/mol. The van der Waals surface area contributed by atoms with Crippen LogP contribution in [-0.2, 0) is 0 Å². The normalized spacial score (nSPS) is 12.3. The molecule has 0 aliphatic rings. The highest BCUT2D eigenvalue weighted by atomic mass is 79.9. The summed E-state index contributed by atoms with van der Waals surface area (Å²) in [7, 11) is 0. The Kier molecular flexibility index (Phi) is 4.36. The molecule has 82 valence electrons. The highest BCUT2D eigenvalue weighted by molar-refractivity contribution is 9.10. The first kappa shape index (κ1) is 12.3. The summed E-state index contributed by atoms with van der Waals surface area (Å²) >= 11 is 3.36. The van der Waals surface area contributed by atoms with E-state index in [9.17, 15) is 5.11 Å². The number of halogens is 1. The second-order valence-electron chi connectivity index (χ2n) is 3.60. The minimum Gasteiger partial charge on any atom is -0.489 e. The second kappa shape index (κ2) is 5.33. The second-order valence-corrected chi connectivity index (χ2v) is 4.52. The molecule has 0 aliphatic carbocycles. The summed E-state index contributed by atoms with van der Waals surface area (Å²) in [5, 5.41) is 9.57. The molecule has 0 spiro atoms. The van der Waals surface area contributed by atoms with Gasteiger partial charge < -0.3 is 9.84 Å². The first-order chi connectivity index (χ1) is 7.00. The fraction of sp³-hybridized carbons (Fsp3) is 0.333. The van der Waals surface area contributed by atoms with Crippen molar-refractivity contribution in [2.45, 2.75) is 20.0 Å². The molecule has 1 atom stereocenters. The molecule has 1 rings (SSSR count).